The SMILES string of the molecule is C[Si](C)(C)CCOCn1nc(Br)cc1Cl. The highest BCUT2D eigenvalue weighted by atomic mass is 79.9. The summed E-state index contributed by atoms with van der Waals surface area (Å²) in [6.07, 6.45) is 0. The van der Waals surface area contributed by atoms with Gasteiger partial charge in [-0.3, -0.25) is 0 Å². The second-order valence-electron chi connectivity index (χ2n) is 4.64. The molecule has 1 rings (SSSR count). The smallest absolute Gasteiger partial charge is 0.141 e. The maximum atomic E-state index is 5.91. The number of hydrogen-bond donors (Lipinski definition) is 0. The Bertz CT molecular complexity index is 324. The van der Waals surface area contributed by atoms with Crippen molar-refractivity contribution in [2.45, 2.75) is 32.4 Å². The van der Waals surface area contributed by atoms with Crippen molar-refractivity contribution in [2.24, 2.45) is 0 Å². The van der Waals surface area contributed by atoms with E-state index in [1.807, 2.05) is 0 Å². The molecule has 0 aromatic carbocycles. The molecule has 0 aliphatic carbocycles. The number of nitrogens with zero attached hydrogens (tertiary/aromatic N) is 2. The lowest BCUT2D eigenvalue weighted by Gasteiger charge is -2.15. The van der Waals surface area contributed by atoms with E-state index in [0.29, 0.717) is 11.9 Å². The van der Waals surface area contributed by atoms with Gasteiger partial charge in [-0.25, -0.2) is 4.68 Å². The molecule has 15 heavy (non-hydrogen) atoms. The van der Waals surface area contributed by atoms with Crippen LogP contribution < -0.4 is 0 Å². The Morgan fingerprint density at radius 1 is 1.53 bits per heavy atom. The molecular weight excluding hydrogens is 296 g/mol. The van der Waals surface area contributed by atoms with Crippen molar-refractivity contribution in [3.05, 3.63) is 15.8 Å². The molecule has 1 heterocycles. The molecule has 3 nitrogen and oxygen atoms in total. The highest BCUT2D eigenvalue weighted by Crippen LogP contribution is 2.15. The largest absolute Gasteiger partial charge is 0.359 e. The quantitative estimate of drug-likeness (QED) is 0.613. The summed E-state index contributed by atoms with van der Waals surface area (Å²) in [4.78, 5) is 0. The zero-order chi connectivity index (χ0) is 11.5. The van der Waals surface area contributed by atoms with E-state index in [1.54, 1.807) is 10.7 Å². The van der Waals surface area contributed by atoms with E-state index in [2.05, 4.69) is 40.7 Å². The molecule has 0 fully saturated rings. The molecule has 1 aromatic heterocycles. The molecule has 0 atom stereocenters. The fourth-order valence-electron chi connectivity index (χ4n) is 0.985. The molecule has 0 aliphatic rings. The van der Waals surface area contributed by atoms with E-state index in [9.17, 15) is 0 Å². The van der Waals surface area contributed by atoms with Crippen LogP contribution >= 0.6 is 27.5 Å². The van der Waals surface area contributed by atoms with Crippen LogP contribution in [0.2, 0.25) is 30.8 Å². The van der Waals surface area contributed by atoms with E-state index < -0.39 is 8.07 Å². The zero-order valence-corrected chi connectivity index (χ0v) is 12.6. The van der Waals surface area contributed by atoms with E-state index in [-0.39, 0.29) is 0 Å². The van der Waals surface area contributed by atoms with Crippen LogP contribution in [0.3, 0.4) is 0 Å². The van der Waals surface area contributed by atoms with Gasteiger partial charge in [-0.05, 0) is 22.0 Å². The van der Waals surface area contributed by atoms with Gasteiger partial charge in [0.1, 0.15) is 16.5 Å². The van der Waals surface area contributed by atoms with Crippen LogP contribution in [0.1, 0.15) is 0 Å². The van der Waals surface area contributed by atoms with Crippen molar-refractivity contribution in [3.63, 3.8) is 0 Å². The third-order valence-corrected chi connectivity index (χ3v) is 4.31. The Hall–Kier alpha value is 0.157. The van der Waals surface area contributed by atoms with E-state index >= 15 is 0 Å². The third-order valence-electron chi connectivity index (χ3n) is 1.91. The topological polar surface area (TPSA) is 27.1 Å². The van der Waals surface area contributed by atoms with Gasteiger partial charge in [0.05, 0.1) is 0 Å². The molecule has 0 amide bonds. The lowest BCUT2D eigenvalue weighted by molar-refractivity contribution is 0.0786. The summed E-state index contributed by atoms with van der Waals surface area (Å²) < 4.78 is 7.89. The molecule has 0 saturated carbocycles. The summed E-state index contributed by atoms with van der Waals surface area (Å²) in [6.45, 7) is 8.19. The van der Waals surface area contributed by atoms with Gasteiger partial charge in [-0.2, -0.15) is 5.10 Å². The lowest BCUT2D eigenvalue weighted by Crippen LogP contribution is -2.22. The summed E-state index contributed by atoms with van der Waals surface area (Å²) in [6, 6.07) is 2.91. The van der Waals surface area contributed by atoms with Crippen LogP contribution in [0.5, 0.6) is 0 Å². The first kappa shape index (κ1) is 13.2. The average Bonchev–Trinajstić information content (AvgIpc) is 2.37. The number of rotatable bonds is 5. The summed E-state index contributed by atoms with van der Waals surface area (Å²) in [7, 11) is -1.00. The van der Waals surface area contributed by atoms with Crippen LogP contribution in [-0.4, -0.2) is 24.5 Å². The average molecular weight is 312 g/mol. The van der Waals surface area contributed by atoms with Crippen molar-refractivity contribution in [1.82, 2.24) is 9.78 Å². The van der Waals surface area contributed by atoms with Crippen molar-refractivity contribution in [3.8, 4) is 0 Å². The molecule has 0 unspecified atom stereocenters. The summed E-state index contributed by atoms with van der Waals surface area (Å²) >= 11 is 9.17. The monoisotopic (exact) mass is 310 g/mol. The molecule has 0 spiro atoms. The zero-order valence-electron chi connectivity index (χ0n) is 9.26. The van der Waals surface area contributed by atoms with Crippen molar-refractivity contribution >= 4 is 35.6 Å². The summed E-state index contributed by atoms with van der Waals surface area (Å²) in [5.41, 5.74) is 0. The number of ether oxygens (including phenoxy) is 1. The Morgan fingerprint density at radius 3 is 2.67 bits per heavy atom. The second-order valence-corrected chi connectivity index (χ2v) is 11.5. The standard InChI is InChI=1S/C9H16BrClN2OSi/c1-15(2,3)5-4-14-7-13-9(11)6-8(10)12-13/h6H,4-5,7H2,1-3H3. The summed E-state index contributed by atoms with van der Waals surface area (Å²) in [5, 5.41) is 4.72. The molecule has 0 radical (unpaired) electrons. The van der Waals surface area contributed by atoms with Gasteiger partial charge in [-0.1, -0.05) is 31.2 Å². The van der Waals surface area contributed by atoms with Crippen molar-refractivity contribution < 1.29 is 4.74 Å². The molecule has 0 aliphatic heterocycles. The van der Waals surface area contributed by atoms with Crippen LogP contribution in [0.15, 0.2) is 10.7 Å². The Kier molecular flexibility index (Phi) is 4.83. The van der Waals surface area contributed by atoms with E-state index in [4.69, 9.17) is 16.3 Å². The minimum atomic E-state index is -1.00. The number of hydrogen-bond acceptors (Lipinski definition) is 2. The van der Waals surface area contributed by atoms with Crippen LogP contribution in [0.25, 0.3) is 0 Å². The highest BCUT2D eigenvalue weighted by molar-refractivity contribution is 9.10. The fourth-order valence-corrected chi connectivity index (χ4v) is 2.47. The first-order valence-corrected chi connectivity index (χ1v) is 9.73. The van der Waals surface area contributed by atoms with Crippen LogP contribution in [-0.2, 0) is 11.5 Å². The van der Waals surface area contributed by atoms with Gasteiger partial charge < -0.3 is 4.74 Å². The molecule has 0 bridgehead atoms. The number of halogens is 2. The lowest BCUT2D eigenvalue weighted by atomic mass is 10.7. The molecular formula is C9H16BrClN2OSi. The Balaban J connectivity index is 2.29. The maximum Gasteiger partial charge on any atom is 0.141 e. The van der Waals surface area contributed by atoms with Gasteiger partial charge in [0, 0.05) is 20.7 Å². The normalized spacial score (nSPS) is 12.1. The predicted octanol–water partition coefficient (Wildman–Crippen LogP) is 3.61. The molecule has 6 heteroatoms. The minimum Gasteiger partial charge on any atom is -0.359 e. The third kappa shape index (κ3) is 5.15. The van der Waals surface area contributed by atoms with Crippen molar-refractivity contribution in [1.29, 1.82) is 0 Å². The van der Waals surface area contributed by atoms with Gasteiger partial charge >= 0.3 is 0 Å². The van der Waals surface area contributed by atoms with Gasteiger partial charge in [0.25, 0.3) is 0 Å². The first-order valence-electron chi connectivity index (χ1n) is 4.85. The Morgan fingerprint density at radius 2 is 2.20 bits per heavy atom. The van der Waals surface area contributed by atoms with Gasteiger partial charge in [0.2, 0.25) is 0 Å². The Labute approximate surface area is 105 Å². The fraction of sp³-hybridized carbons (Fsp3) is 0.667. The highest BCUT2D eigenvalue weighted by Gasteiger charge is 2.12. The van der Waals surface area contributed by atoms with Crippen LogP contribution in [0.4, 0.5) is 0 Å². The summed E-state index contributed by atoms with van der Waals surface area (Å²) in [5.74, 6) is 0. The van der Waals surface area contributed by atoms with Gasteiger partial charge in [-0.15, -0.1) is 0 Å². The second kappa shape index (κ2) is 5.47. The molecule has 86 valence electrons. The van der Waals surface area contributed by atoms with Crippen molar-refractivity contribution in [2.75, 3.05) is 6.61 Å². The molecule has 0 N–H and O–H groups in total. The maximum absolute atomic E-state index is 5.91. The first-order chi connectivity index (χ1) is 6.88. The van der Waals surface area contributed by atoms with E-state index in [0.717, 1.165) is 17.3 Å². The predicted molar refractivity (Wildman–Crippen MR) is 69.0 cm³/mol. The van der Waals surface area contributed by atoms with Gasteiger partial charge in [0.15, 0.2) is 0 Å². The van der Waals surface area contributed by atoms with Crippen LogP contribution in [0, 0.1) is 0 Å². The number of aromatic nitrogens is 2. The molecule has 1 aromatic rings. The van der Waals surface area contributed by atoms with E-state index in [1.165, 1.54) is 0 Å². The minimum absolute atomic E-state index is 0.426. The molecule has 0 saturated heterocycles.